The van der Waals surface area contributed by atoms with Crippen molar-refractivity contribution in [1.29, 1.82) is 0 Å². The van der Waals surface area contributed by atoms with Gasteiger partial charge in [-0.25, -0.2) is 0 Å². The number of hydrogen-bond donors (Lipinski definition) is 2. The van der Waals surface area contributed by atoms with Crippen LogP contribution < -0.4 is 0 Å². The van der Waals surface area contributed by atoms with E-state index in [-0.39, 0.29) is 5.92 Å². The number of phenols is 1. The molecule has 1 unspecified atom stereocenters. The summed E-state index contributed by atoms with van der Waals surface area (Å²) < 4.78 is 0. The highest BCUT2D eigenvalue weighted by Gasteiger charge is 2.18. The summed E-state index contributed by atoms with van der Waals surface area (Å²) in [6, 6.07) is 3.84. The van der Waals surface area contributed by atoms with E-state index in [1.165, 1.54) is 83.5 Å². The summed E-state index contributed by atoms with van der Waals surface area (Å²) in [7, 11) is 0. The molecule has 0 bridgehead atoms. The van der Waals surface area contributed by atoms with Crippen molar-refractivity contribution in [3.05, 3.63) is 28.8 Å². The lowest BCUT2D eigenvalue weighted by Crippen LogP contribution is -2.16. The van der Waals surface area contributed by atoms with Gasteiger partial charge in [0.1, 0.15) is 5.75 Å². The Bertz CT molecular complexity index is 585. The van der Waals surface area contributed by atoms with E-state index >= 15 is 0 Å². The van der Waals surface area contributed by atoms with Crippen molar-refractivity contribution in [1.82, 2.24) is 0 Å². The fourth-order valence-electron chi connectivity index (χ4n) is 4.52. The number of carboxylic acids is 1. The molecule has 2 N–H and O–H groups in total. The van der Waals surface area contributed by atoms with Crippen LogP contribution in [0.3, 0.4) is 0 Å². The SMILES string of the molecule is CCCCCCCCCCCCCCCCCC(Cc1cc(C)c(O)c(C)c1)C(=O)O. The van der Waals surface area contributed by atoms with Gasteiger partial charge in [0.15, 0.2) is 0 Å². The van der Waals surface area contributed by atoms with Gasteiger partial charge < -0.3 is 10.2 Å². The third kappa shape index (κ3) is 12.8. The Morgan fingerprint density at radius 2 is 1.13 bits per heavy atom. The van der Waals surface area contributed by atoms with Crippen molar-refractivity contribution in [2.24, 2.45) is 5.92 Å². The maximum absolute atomic E-state index is 11.7. The second-order valence-electron chi connectivity index (χ2n) is 9.56. The lowest BCUT2D eigenvalue weighted by Gasteiger charge is -2.14. The number of aromatic hydroxyl groups is 1. The quantitative estimate of drug-likeness (QED) is 0.215. The lowest BCUT2D eigenvalue weighted by atomic mass is 9.92. The number of rotatable bonds is 19. The van der Waals surface area contributed by atoms with Crippen molar-refractivity contribution in [3.8, 4) is 5.75 Å². The Morgan fingerprint density at radius 3 is 1.52 bits per heavy atom. The summed E-state index contributed by atoms with van der Waals surface area (Å²) in [4.78, 5) is 11.7. The zero-order valence-corrected chi connectivity index (χ0v) is 20.6. The van der Waals surface area contributed by atoms with Crippen LogP contribution in [0, 0.1) is 19.8 Å². The van der Waals surface area contributed by atoms with E-state index in [9.17, 15) is 15.0 Å². The molecule has 0 amide bonds. The Balaban J connectivity index is 2.06. The highest BCUT2D eigenvalue weighted by atomic mass is 16.4. The monoisotopic (exact) mass is 432 g/mol. The van der Waals surface area contributed by atoms with Crippen molar-refractivity contribution in [2.45, 2.75) is 130 Å². The minimum Gasteiger partial charge on any atom is -0.507 e. The first-order valence-electron chi connectivity index (χ1n) is 13.0. The lowest BCUT2D eigenvalue weighted by molar-refractivity contribution is -0.142. The molecule has 0 heterocycles. The second kappa shape index (κ2) is 17.1. The van der Waals surface area contributed by atoms with Gasteiger partial charge in [-0.1, -0.05) is 115 Å². The molecule has 0 spiro atoms. The molecule has 0 aliphatic rings. The molecule has 0 fully saturated rings. The normalized spacial score (nSPS) is 12.2. The van der Waals surface area contributed by atoms with Gasteiger partial charge in [0, 0.05) is 0 Å². The summed E-state index contributed by atoms with van der Waals surface area (Å²) in [5.74, 6) is -0.711. The van der Waals surface area contributed by atoms with Crippen molar-refractivity contribution < 1.29 is 15.0 Å². The topological polar surface area (TPSA) is 57.5 Å². The molecule has 0 aliphatic carbocycles. The number of phenolic OH excluding ortho intramolecular Hbond substituents is 1. The summed E-state index contributed by atoms with van der Waals surface area (Å²) in [5.41, 5.74) is 2.67. The van der Waals surface area contributed by atoms with Crippen LogP contribution in [-0.2, 0) is 11.2 Å². The molecule has 0 radical (unpaired) electrons. The van der Waals surface area contributed by atoms with Gasteiger partial charge in [-0.15, -0.1) is 0 Å². The highest BCUT2D eigenvalue weighted by Crippen LogP contribution is 2.26. The van der Waals surface area contributed by atoms with Gasteiger partial charge in [-0.2, -0.15) is 0 Å². The predicted molar refractivity (Wildman–Crippen MR) is 132 cm³/mol. The minimum atomic E-state index is -0.700. The van der Waals surface area contributed by atoms with Crippen LogP contribution in [0.15, 0.2) is 12.1 Å². The van der Waals surface area contributed by atoms with Crippen LogP contribution in [-0.4, -0.2) is 16.2 Å². The third-order valence-corrected chi connectivity index (χ3v) is 6.54. The first kappa shape index (κ1) is 27.5. The molecule has 1 aromatic rings. The van der Waals surface area contributed by atoms with E-state index in [0.717, 1.165) is 36.0 Å². The van der Waals surface area contributed by atoms with Crippen molar-refractivity contribution >= 4 is 5.97 Å². The van der Waals surface area contributed by atoms with Crippen LogP contribution in [0.2, 0.25) is 0 Å². The molecule has 0 aliphatic heterocycles. The minimum absolute atomic E-state index is 0.318. The Hall–Kier alpha value is -1.51. The van der Waals surface area contributed by atoms with Crippen LogP contribution in [0.5, 0.6) is 5.75 Å². The predicted octanol–water partition coefficient (Wildman–Crippen LogP) is 8.51. The van der Waals surface area contributed by atoms with E-state index in [1.807, 2.05) is 26.0 Å². The number of carboxylic acid groups (broad SMARTS) is 1. The highest BCUT2D eigenvalue weighted by molar-refractivity contribution is 5.70. The fraction of sp³-hybridized carbons (Fsp3) is 0.750. The fourth-order valence-corrected chi connectivity index (χ4v) is 4.52. The number of aryl methyl sites for hydroxylation is 2. The Labute approximate surface area is 191 Å². The van der Waals surface area contributed by atoms with Gasteiger partial charge in [-0.3, -0.25) is 4.79 Å². The Kier molecular flexibility index (Phi) is 15.2. The smallest absolute Gasteiger partial charge is 0.306 e. The molecule has 0 aromatic heterocycles. The van der Waals surface area contributed by atoms with Gasteiger partial charge in [0.2, 0.25) is 0 Å². The zero-order valence-electron chi connectivity index (χ0n) is 20.6. The molecule has 0 saturated carbocycles. The maximum Gasteiger partial charge on any atom is 0.306 e. The molecule has 3 heteroatoms. The molecular formula is C28H48O3. The summed E-state index contributed by atoms with van der Waals surface area (Å²) >= 11 is 0. The van der Waals surface area contributed by atoms with Crippen molar-refractivity contribution in [2.75, 3.05) is 0 Å². The molecule has 178 valence electrons. The molecule has 1 rings (SSSR count). The van der Waals surface area contributed by atoms with Gasteiger partial charge >= 0.3 is 5.97 Å². The number of aliphatic carboxylic acids is 1. The molecular weight excluding hydrogens is 384 g/mol. The van der Waals surface area contributed by atoms with E-state index in [0.29, 0.717) is 12.2 Å². The van der Waals surface area contributed by atoms with Crippen molar-refractivity contribution in [3.63, 3.8) is 0 Å². The zero-order chi connectivity index (χ0) is 22.9. The van der Waals surface area contributed by atoms with E-state index in [1.54, 1.807) is 0 Å². The summed E-state index contributed by atoms with van der Waals surface area (Å²) in [6.07, 6.45) is 21.2. The number of hydrogen-bond acceptors (Lipinski definition) is 2. The Morgan fingerprint density at radius 1 is 0.742 bits per heavy atom. The average molecular weight is 433 g/mol. The maximum atomic E-state index is 11.7. The number of benzene rings is 1. The first-order valence-corrected chi connectivity index (χ1v) is 13.0. The van der Waals surface area contributed by atoms with E-state index < -0.39 is 5.97 Å². The largest absolute Gasteiger partial charge is 0.507 e. The van der Waals surface area contributed by atoms with Gasteiger partial charge in [0.25, 0.3) is 0 Å². The van der Waals surface area contributed by atoms with Crippen LogP contribution in [0.4, 0.5) is 0 Å². The van der Waals surface area contributed by atoms with Gasteiger partial charge in [-0.05, 0) is 43.4 Å². The first-order chi connectivity index (χ1) is 15.0. The average Bonchev–Trinajstić information content (AvgIpc) is 2.73. The van der Waals surface area contributed by atoms with Crippen LogP contribution in [0.1, 0.15) is 126 Å². The molecule has 0 saturated heterocycles. The summed E-state index contributed by atoms with van der Waals surface area (Å²) in [6.45, 7) is 6.01. The molecule has 31 heavy (non-hydrogen) atoms. The number of carbonyl (C=O) groups is 1. The second-order valence-corrected chi connectivity index (χ2v) is 9.56. The number of unbranched alkanes of at least 4 members (excludes halogenated alkanes) is 14. The van der Waals surface area contributed by atoms with Crippen LogP contribution >= 0.6 is 0 Å². The van der Waals surface area contributed by atoms with Gasteiger partial charge in [0.05, 0.1) is 5.92 Å². The third-order valence-electron chi connectivity index (χ3n) is 6.54. The molecule has 1 atom stereocenters. The molecule has 1 aromatic carbocycles. The molecule has 3 nitrogen and oxygen atoms in total. The standard InChI is InChI=1S/C28H48O3/c1-4-5-6-7-8-9-10-11-12-13-14-15-16-17-18-19-26(28(30)31)22-25-20-23(2)27(29)24(3)21-25/h20-21,26,29H,4-19,22H2,1-3H3,(H,30,31). The van der Waals surface area contributed by atoms with E-state index in [4.69, 9.17) is 0 Å². The van der Waals surface area contributed by atoms with E-state index in [2.05, 4.69) is 6.92 Å². The summed E-state index contributed by atoms with van der Waals surface area (Å²) in [5, 5.41) is 19.5. The van der Waals surface area contributed by atoms with Crippen LogP contribution in [0.25, 0.3) is 0 Å².